The Hall–Kier alpha value is -1.07. The minimum Gasteiger partial charge on any atom is -0.397 e. The molecule has 0 unspecified atom stereocenters. The molecule has 0 saturated heterocycles. The molecule has 3 N–H and O–H groups in total. The summed E-state index contributed by atoms with van der Waals surface area (Å²) in [4.78, 5) is 14.7. The van der Waals surface area contributed by atoms with E-state index in [1.54, 1.807) is 6.92 Å². The van der Waals surface area contributed by atoms with Gasteiger partial charge < -0.3 is 16.0 Å². The van der Waals surface area contributed by atoms with Gasteiger partial charge in [-0.3, -0.25) is 4.79 Å². The van der Waals surface area contributed by atoms with Crippen LogP contribution in [0.25, 0.3) is 0 Å². The molecular formula is C16H27N3OS. The molecule has 0 amide bonds. The fourth-order valence-electron chi connectivity index (χ4n) is 2.42. The smallest absolute Gasteiger partial charge is 0.171 e. The van der Waals surface area contributed by atoms with Gasteiger partial charge in [0, 0.05) is 25.1 Å². The SMILES string of the molecule is CC(=O)c1sc(NCCCN(C)C(C)C)c(C2CC2)c1N. The number of nitrogens with one attached hydrogen (secondary N) is 1. The predicted molar refractivity (Wildman–Crippen MR) is 91.6 cm³/mol. The van der Waals surface area contributed by atoms with Gasteiger partial charge in [0.15, 0.2) is 5.78 Å². The Bertz CT molecular complexity index is 506. The van der Waals surface area contributed by atoms with Crippen molar-refractivity contribution in [2.45, 2.75) is 52.0 Å². The lowest BCUT2D eigenvalue weighted by molar-refractivity contribution is 0.102. The van der Waals surface area contributed by atoms with E-state index in [1.807, 2.05) is 0 Å². The molecule has 5 heteroatoms. The predicted octanol–water partition coefficient (Wildman–Crippen LogP) is 3.55. The lowest BCUT2D eigenvalue weighted by atomic mass is 10.1. The van der Waals surface area contributed by atoms with E-state index in [-0.39, 0.29) is 5.78 Å². The number of carbonyl (C=O) groups is 1. The number of nitrogens with zero attached hydrogens (tertiary/aromatic N) is 1. The second kappa shape index (κ2) is 6.79. The minimum atomic E-state index is 0.0759. The van der Waals surface area contributed by atoms with Crippen molar-refractivity contribution in [3.63, 3.8) is 0 Å². The molecule has 0 aliphatic heterocycles. The molecule has 1 saturated carbocycles. The second-order valence-corrected chi connectivity index (χ2v) is 7.29. The number of Topliss-reactive ketones (excluding diaryl/α,β-unsaturated/α-hetero) is 1. The summed E-state index contributed by atoms with van der Waals surface area (Å²) in [6.07, 6.45) is 3.48. The number of hydrogen-bond acceptors (Lipinski definition) is 5. The standard InChI is InChI=1S/C16H27N3OS/c1-10(2)19(4)9-5-8-18-16-13(12-6-7-12)14(17)15(21-16)11(3)20/h10,12,18H,5-9,17H2,1-4H3. The van der Waals surface area contributed by atoms with Gasteiger partial charge in [-0.15, -0.1) is 11.3 Å². The Morgan fingerprint density at radius 1 is 1.48 bits per heavy atom. The first-order valence-corrected chi connectivity index (χ1v) is 8.60. The highest BCUT2D eigenvalue weighted by Gasteiger charge is 2.32. The van der Waals surface area contributed by atoms with Crippen LogP contribution in [0.5, 0.6) is 0 Å². The number of thiophene rings is 1. The van der Waals surface area contributed by atoms with Gasteiger partial charge in [-0.1, -0.05) is 0 Å². The number of hydrogen-bond donors (Lipinski definition) is 2. The molecule has 1 aliphatic rings. The Balaban J connectivity index is 1.96. The highest BCUT2D eigenvalue weighted by atomic mass is 32.1. The summed E-state index contributed by atoms with van der Waals surface area (Å²) in [5.74, 6) is 0.641. The Labute approximate surface area is 131 Å². The maximum atomic E-state index is 11.7. The molecule has 2 rings (SSSR count). The van der Waals surface area contributed by atoms with Gasteiger partial charge in [0.05, 0.1) is 15.6 Å². The Morgan fingerprint density at radius 2 is 2.14 bits per heavy atom. The third-order valence-corrected chi connectivity index (χ3v) is 5.42. The molecule has 21 heavy (non-hydrogen) atoms. The molecule has 118 valence electrons. The van der Waals surface area contributed by atoms with Crippen molar-refractivity contribution < 1.29 is 4.79 Å². The molecule has 1 aliphatic carbocycles. The topological polar surface area (TPSA) is 58.4 Å². The molecule has 0 radical (unpaired) electrons. The van der Waals surface area contributed by atoms with Crippen molar-refractivity contribution in [3.8, 4) is 0 Å². The van der Waals surface area contributed by atoms with Crippen LogP contribution in [0.3, 0.4) is 0 Å². The van der Waals surface area contributed by atoms with Crippen LogP contribution in [0, 0.1) is 0 Å². The summed E-state index contributed by atoms with van der Waals surface area (Å²) in [6.45, 7) is 8.01. The number of nitrogen functional groups attached to an aromatic ring is 1. The van der Waals surface area contributed by atoms with Crippen molar-refractivity contribution in [3.05, 3.63) is 10.4 Å². The van der Waals surface area contributed by atoms with E-state index in [2.05, 4.69) is 31.1 Å². The van der Waals surface area contributed by atoms with E-state index in [9.17, 15) is 4.79 Å². The van der Waals surface area contributed by atoms with Gasteiger partial charge in [-0.05, 0) is 52.6 Å². The first kappa shape index (κ1) is 16.3. The minimum absolute atomic E-state index is 0.0759. The maximum Gasteiger partial charge on any atom is 0.171 e. The third kappa shape index (κ3) is 3.98. The van der Waals surface area contributed by atoms with Crippen molar-refractivity contribution in [2.75, 3.05) is 31.2 Å². The Kier molecular flexibility index (Phi) is 5.27. The first-order chi connectivity index (χ1) is 9.91. The lowest BCUT2D eigenvalue weighted by Gasteiger charge is -2.20. The molecular weight excluding hydrogens is 282 g/mol. The summed E-state index contributed by atoms with van der Waals surface area (Å²) in [5, 5.41) is 4.62. The normalized spacial score (nSPS) is 15.0. The van der Waals surface area contributed by atoms with Crippen molar-refractivity contribution in [1.29, 1.82) is 0 Å². The van der Waals surface area contributed by atoms with Gasteiger partial charge in [0.2, 0.25) is 0 Å². The zero-order valence-corrected chi connectivity index (χ0v) is 14.3. The van der Waals surface area contributed by atoms with Crippen LogP contribution < -0.4 is 11.1 Å². The van der Waals surface area contributed by atoms with Crippen molar-refractivity contribution >= 4 is 27.8 Å². The highest BCUT2D eigenvalue weighted by Crippen LogP contribution is 2.50. The van der Waals surface area contributed by atoms with Crippen LogP contribution in [0.4, 0.5) is 10.7 Å². The lowest BCUT2D eigenvalue weighted by Crippen LogP contribution is -2.28. The first-order valence-electron chi connectivity index (χ1n) is 7.79. The van der Waals surface area contributed by atoms with Gasteiger partial charge in [-0.25, -0.2) is 0 Å². The summed E-state index contributed by atoms with van der Waals surface area (Å²) in [5.41, 5.74) is 8.10. The summed E-state index contributed by atoms with van der Waals surface area (Å²) in [6, 6.07) is 0.578. The molecule has 0 bridgehead atoms. The molecule has 1 fully saturated rings. The Morgan fingerprint density at radius 3 is 2.67 bits per heavy atom. The third-order valence-electron chi connectivity index (χ3n) is 4.14. The average Bonchev–Trinajstić information content (AvgIpc) is 3.18. The van der Waals surface area contributed by atoms with Crippen molar-refractivity contribution in [2.24, 2.45) is 0 Å². The van der Waals surface area contributed by atoms with Crippen LogP contribution >= 0.6 is 11.3 Å². The molecule has 4 nitrogen and oxygen atoms in total. The van der Waals surface area contributed by atoms with Crippen molar-refractivity contribution in [1.82, 2.24) is 4.90 Å². The number of rotatable bonds is 8. The quantitative estimate of drug-likeness (QED) is 0.569. The van der Waals surface area contributed by atoms with Gasteiger partial charge in [-0.2, -0.15) is 0 Å². The fraction of sp³-hybridized carbons (Fsp3) is 0.688. The van der Waals surface area contributed by atoms with E-state index in [1.165, 1.54) is 29.7 Å². The van der Waals surface area contributed by atoms with Gasteiger partial charge in [0.1, 0.15) is 0 Å². The fourth-order valence-corrected chi connectivity index (χ4v) is 3.54. The van der Waals surface area contributed by atoms with Crippen LogP contribution in [0.15, 0.2) is 0 Å². The molecule has 0 aromatic carbocycles. The van der Waals surface area contributed by atoms with E-state index in [4.69, 9.17) is 5.73 Å². The molecule has 1 aromatic heterocycles. The van der Waals surface area contributed by atoms with Crippen LogP contribution in [-0.2, 0) is 0 Å². The maximum absolute atomic E-state index is 11.7. The van der Waals surface area contributed by atoms with Gasteiger partial charge >= 0.3 is 0 Å². The van der Waals surface area contributed by atoms with Crippen LogP contribution in [0.2, 0.25) is 0 Å². The number of anilines is 2. The molecule has 0 spiro atoms. The van der Waals surface area contributed by atoms with E-state index < -0.39 is 0 Å². The monoisotopic (exact) mass is 309 g/mol. The van der Waals surface area contributed by atoms with E-state index in [0.717, 1.165) is 35.1 Å². The van der Waals surface area contributed by atoms with Crippen LogP contribution in [0.1, 0.15) is 61.2 Å². The number of nitrogens with two attached hydrogens (primary N) is 1. The molecule has 1 heterocycles. The summed E-state index contributed by atoms with van der Waals surface area (Å²) in [7, 11) is 2.15. The van der Waals surface area contributed by atoms with Crippen LogP contribution in [-0.4, -0.2) is 36.9 Å². The average molecular weight is 309 g/mol. The summed E-state index contributed by atoms with van der Waals surface area (Å²) >= 11 is 1.53. The highest BCUT2D eigenvalue weighted by molar-refractivity contribution is 7.18. The largest absolute Gasteiger partial charge is 0.397 e. The van der Waals surface area contributed by atoms with Gasteiger partial charge in [0.25, 0.3) is 0 Å². The molecule has 1 aromatic rings. The zero-order valence-electron chi connectivity index (χ0n) is 13.5. The second-order valence-electron chi connectivity index (χ2n) is 6.27. The molecule has 0 atom stereocenters. The van der Waals surface area contributed by atoms with E-state index >= 15 is 0 Å². The number of ketones is 1. The number of carbonyl (C=O) groups excluding carboxylic acids is 1. The van der Waals surface area contributed by atoms with E-state index in [0.29, 0.717) is 12.0 Å². The zero-order chi connectivity index (χ0) is 15.6. The summed E-state index contributed by atoms with van der Waals surface area (Å²) < 4.78 is 0.